The van der Waals surface area contributed by atoms with Gasteiger partial charge in [-0.15, -0.1) is 5.10 Å². The molecule has 0 spiro atoms. The van der Waals surface area contributed by atoms with Crippen molar-refractivity contribution in [3.8, 4) is 0 Å². The van der Waals surface area contributed by atoms with Crippen molar-refractivity contribution in [1.29, 1.82) is 0 Å². The van der Waals surface area contributed by atoms with Gasteiger partial charge in [0.15, 0.2) is 5.17 Å². The molecule has 9 heteroatoms. The van der Waals surface area contributed by atoms with Gasteiger partial charge in [-0.25, -0.2) is 0 Å². The van der Waals surface area contributed by atoms with Crippen molar-refractivity contribution in [1.82, 2.24) is 5.32 Å². The lowest BCUT2D eigenvalue weighted by Crippen LogP contribution is -2.19. The normalized spacial score (nSPS) is 17.9. The van der Waals surface area contributed by atoms with E-state index < -0.39 is 10.1 Å². The smallest absolute Gasteiger partial charge is 0.294 e. The Kier molecular flexibility index (Phi) is 4.21. The Morgan fingerprint density at radius 2 is 2.20 bits per heavy atom. The van der Waals surface area contributed by atoms with E-state index in [4.69, 9.17) is 4.55 Å². The van der Waals surface area contributed by atoms with Crippen LogP contribution in [0.3, 0.4) is 0 Å². The number of aryl methyl sites for hydroxylation is 1. The van der Waals surface area contributed by atoms with E-state index in [1.54, 1.807) is 19.1 Å². The zero-order chi connectivity index (χ0) is 14.8. The molecule has 0 aromatic heterocycles. The largest absolute Gasteiger partial charge is 0.303 e. The number of carbonyl (C=O) groups is 1. The SMILES string of the molecule is Cc1ccc(C=NN=C2NC(=O)CS2)cc1S(=O)(=O)O. The summed E-state index contributed by atoms with van der Waals surface area (Å²) in [5, 5.41) is 10.5. The van der Waals surface area contributed by atoms with Crippen LogP contribution in [-0.4, -0.2) is 36.0 Å². The number of amidine groups is 1. The van der Waals surface area contributed by atoms with Crippen LogP contribution in [0.15, 0.2) is 33.3 Å². The zero-order valence-electron chi connectivity index (χ0n) is 10.4. The molecular weight excluding hydrogens is 302 g/mol. The fraction of sp³-hybridized carbons (Fsp3) is 0.182. The van der Waals surface area contributed by atoms with Crippen molar-refractivity contribution in [3.63, 3.8) is 0 Å². The third kappa shape index (κ3) is 3.65. The number of hydrogen-bond donors (Lipinski definition) is 2. The number of carbonyl (C=O) groups excluding carboxylic acids is 1. The molecule has 1 aromatic rings. The Balaban J connectivity index is 2.20. The first-order valence-electron chi connectivity index (χ1n) is 5.48. The number of thioether (sulfide) groups is 1. The second kappa shape index (κ2) is 5.73. The van der Waals surface area contributed by atoms with Gasteiger partial charge in [-0.05, 0) is 24.1 Å². The molecule has 1 aliphatic heterocycles. The average Bonchev–Trinajstić information content (AvgIpc) is 2.76. The zero-order valence-corrected chi connectivity index (χ0v) is 12.0. The van der Waals surface area contributed by atoms with E-state index in [1.807, 2.05) is 0 Å². The molecule has 0 unspecified atom stereocenters. The third-order valence-electron chi connectivity index (χ3n) is 2.43. The molecule has 0 saturated carbocycles. The highest BCUT2D eigenvalue weighted by Crippen LogP contribution is 2.16. The molecule has 1 amide bonds. The lowest BCUT2D eigenvalue weighted by molar-refractivity contribution is -0.116. The van der Waals surface area contributed by atoms with E-state index in [9.17, 15) is 13.2 Å². The van der Waals surface area contributed by atoms with Gasteiger partial charge in [0.25, 0.3) is 10.1 Å². The van der Waals surface area contributed by atoms with Gasteiger partial charge in [0.1, 0.15) is 0 Å². The summed E-state index contributed by atoms with van der Waals surface area (Å²) in [7, 11) is -4.26. The van der Waals surface area contributed by atoms with Gasteiger partial charge in [-0.3, -0.25) is 9.35 Å². The Hall–Kier alpha value is -1.71. The first kappa shape index (κ1) is 14.7. The maximum atomic E-state index is 11.2. The molecule has 0 radical (unpaired) electrons. The number of nitrogens with zero attached hydrogens (tertiary/aromatic N) is 2. The Morgan fingerprint density at radius 1 is 1.45 bits per heavy atom. The maximum absolute atomic E-state index is 11.2. The van der Waals surface area contributed by atoms with E-state index in [0.717, 1.165) is 0 Å². The molecule has 0 atom stereocenters. The van der Waals surface area contributed by atoms with Crippen LogP contribution in [-0.2, 0) is 14.9 Å². The van der Waals surface area contributed by atoms with E-state index in [1.165, 1.54) is 24.0 Å². The fourth-order valence-electron chi connectivity index (χ4n) is 1.50. The summed E-state index contributed by atoms with van der Waals surface area (Å²) >= 11 is 1.24. The molecule has 7 nitrogen and oxygen atoms in total. The summed E-state index contributed by atoms with van der Waals surface area (Å²) in [5.74, 6) is 0.180. The molecule has 1 aromatic carbocycles. The fourth-order valence-corrected chi connectivity index (χ4v) is 2.89. The summed E-state index contributed by atoms with van der Waals surface area (Å²) in [5.41, 5.74) is 0.913. The number of amides is 1. The minimum atomic E-state index is -4.26. The third-order valence-corrected chi connectivity index (χ3v) is 4.29. The molecule has 1 fully saturated rings. The van der Waals surface area contributed by atoms with Crippen LogP contribution in [0.2, 0.25) is 0 Å². The summed E-state index contributed by atoms with van der Waals surface area (Å²) in [6.45, 7) is 1.58. The second-order valence-corrected chi connectivity index (χ2v) is 6.34. The molecule has 1 saturated heterocycles. The highest BCUT2D eigenvalue weighted by Gasteiger charge is 2.16. The number of benzene rings is 1. The van der Waals surface area contributed by atoms with Crippen LogP contribution in [0.25, 0.3) is 0 Å². The van der Waals surface area contributed by atoms with E-state index >= 15 is 0 Å². The predicted octanol–water partition coefficient (Wildman–Crippen LogP) is 0.795. The molecule has 106 valence electrons. The highest BCUT2D eigenvalue weighted by atomic mass is 32.2. The standard InChI is InChI=1S/C11H11N3O4S2/c1-7-2-3-8(4-9(7)20(16,17)18)5-12-14-11-13-10(15)6-19-11/h2-5H,6H2,1H3,(H,13,14,15)(H,16,17,18). The molecule has 0 bridgehead atoms. The number of hydrogen-bond acceptors (Lipinski definition) is 6. The van der Waals surface area contributed by atoms with Crippen molar-refractivity contribution in [2.24, 2.45) is 10.2 Å². The monoisotopic (exact) mass is 313 g/mol. The van der Waals surface area contributed by atoms with Crippen LogP contribution in [0, 0.1) is 6.92 Å². The Labute approximate surface area is 119 Å². The highest BCUT2D eigenvalue weighted by molar-refractivity contribution is 8.15. The second-order valence-electron chi connectivity index (χ2n) is 3.99. The number of rotatable bonds is 3. The minimum absolute atomic E-state index is 0.132. The molecular formula is C11H11N3O4S2. The van der Waals surface area contributed by atoms with Crippen LogP contribution in [0.5, 0.6) is 0 Å². The van der Waals surface area contributed by atoms with Crippen LogP contribution < -0.4 is 5.32 Å². The van der Waals surface area contributed by atoms with Crippen molar-refractivity contribution in [2.75, 3.05) is 5.75 Å². The Morgan fingerprint density at radius 3 is 2.80 bits per heavy atom. The van der Waals surface area contributed by atoms with Crippen molar-refractivity contribution >= 4 is 39.2 Å². The van der Waals surface area contributed by atoms with Gasteiger partial charge >= 0.3 is 0 Å². The van der Waals surface area contributed by atoms with Gasteiger partial charge in [-0.2, -0.15) is 13.5 Å². The van der Waals surface area contributed by atoms with Crippen LogP contribution in [0.4, 0.5) is 0 Å². The van der Waals surface area contributed by atoms with Crippen molar-refractivity contribution in [3.05, 3.63) is 29.3 Å². The van der Waals surface area contributed by atoms with Crippen LogP contribution in [0.1, 0.15) is 11.1 Å². The maximum Gasteiger partial charge on any atom is 0.294 e. The van der Waals surface area contributed by atoms with Gasteiger partial charge in [0.2, 0.25) is 5.91 Å². The summed E-state index contributed by atoms with van der Waals surface area (Å²) < 4.78 is 31.4. The quantitative estimate of drug-likeness (QED) is 0.487. The summed E-state index contributed by atoms with van der Waals surface area (Å²) in [6, 6.07) is 4.51. The molecule has 2 rings (SSSR count). The first-order valence-corrected chi connectivity index (χ1v) is 7.90. The molecule has 1 aliphatic rings. The van der Waals surface area contributed by atoms with E-state index in [0.29, 0.717) is 22.0 Å². The van der Waals surface area contributed by atoms with Gasteiger partial charge in [0.05, 0.1) is 16.9 Å². The lowest BCUT2D eigenvalue weighted by Gasteiger charge is -2.02. The molecule has 20 heavy (non-hydrogen) atoms. The molecule has 1 heterocycles. The average molecular weight is 313 g/mol. The number of nitrogens with one attached hydrogen (secondary N) is 1. The van der Waals surface area contributed by atoms with E-state index in [2.05, 4.69) is 15.5 Å². The van der Waals surface area contributed by atoms with Gasteiger partial charge < -0.3 is 5.32 Å². The van der Waals surface area contributed by atoms with Crippen molar-refractivity contribution in [2.45, 2.75) is 11.8 Å². The van der Waals surface area contributed by atoms with E-state index in [-0.39, 0.29) is 10.8 Å². The molecule has 0 aliphatic carbocycles. The molecule has 2 N–H and O–H groups in total. The first-order chi connectivity index (χ1) is 9.36. The summed E-state index contributed by atoms with van der Waals surface area (Å²) in [6.07, 6.45) is 1.34. The summed E-state index contributed by atoms with van der Waals surface area (Å²) in [4.78, 5) is 10.8. The van der Waals surface area contributed by atoms with Crippen molar-refractivity contribution < 1.29 is 17.8 Å². The minimum Gasteiger partial charge on any atom is -0.303 e. The van der Waals surface area contributed by atoms with Crippen LogP contribution >= 0.6 is 11.8 Å². The van der Waals surface area contributed by atoms with Gasteiger partial charge in [-0.1, -0.05) is 23.9 Å². The Bertz CT molecular complexity index is 710. The predicted molar refractivity (Wildman–Crippen MR) is 76.6 cm³/mol. The lowest BCUT2D eigenvalue weighted by atomic mass is 10.2. The topological polar surface area (TPSA) is 108 Å². The van der Waals surface area contributed by atoms with Gasteiger partial charge in [0, 0.05) is 0 Å².